The minimum absolute atomic E-state index is 0.277. The number of rotatable bonds is 7. The molecule has 0 radical (unpaired) electrons. The van der Waals surface area contributed by atoms with Crippen molar-refractivity contribution in [2.45, 2.75) is 64.7 Å². The molecule has 1 rings (SSSR count). The summed E-state index contributed by atoms with van der Waals surface area (Å²) in [6.45, 7) is 9.12. The fourth-order valence-corrected chi connectivity index (χ4v) is 1.78. The van der Waals surface area contributed by atoms with Gasteiger partial charge in [0.05, 0.1) is 18.8 Å². The van der Waals surface area contributed by atoms with Crippen LogP contribution in [-0.2, 0) is 9.47 Å². The summed E-state index contributed by atoms with van der Waals surface area (Å²) in [5, 5.41) is 3.45. The quantitative estimate of drug-likeness (QED) is 0.727. The molecule has 0 amide bonds. The van der Waals surface area contributed by atoms with E-state index in [0.29, 0.717) is 12.1 Å². The van der Waals surface area contributed by atoms with Gasteiger partial charge in [0.2, 0.25) is 0 Å². The molecule has 96 valence electrons. The fourth-order valence-electron chi connectivity index (χ4n) is 1.78. The zero-order valence-corrected chi connectivity index (χ0v) is 11.0. The zero-order chi connectivity index (χ0) is 11.8. The van der Waals surface area contributed by atoms with Gasteiger partial charge in [-0.3, -0.25) is 0 Å². The van der Waals surface area contributed by atoms with E-state index in [4.69, 9.17) is 9.47 Å². The monoisotopic (exact) mass is 229 g/mol. The Bertz CT molecular complexity index is 169. The molecule has 0 aromatic rings. The van der Waals surface area contributed by atoms with E-state index in [0.717, 1.165) is 26.2 Å². The second-order valence-electron chi connectivity index (χ2n) is 4.85. The molecule has 0 saturated carbocycles. The largest absolute Gasteiger partial charge is 0.376 e. The van der Waals surface area contributed by atoms with Gasteiger partial charge in [0.15, 0.2) is 0 Å². The van der Waals surface area contributed by atoms with E-state index in [1.807, 2.05) is 0 Å². The Balaban J connectivity index is 2.02. The first kappa shape index (κ1) is 13.9. The highest BCUT2D eigenvalue weighted by Gasteiger charge is 2.15. The van der Waals surface area contributed by atoms with Crippen LogP contribution in [0.3, 0.4) is 0 Å². The molecule has 3 nitrogen and oxygen atoms in total. The molecule has 1 heterocycles. The molecule has 0 bridgehead atoms. The van der Waals surface area contributed by atoms with Crippen LogP contribution in [0.25, 0.3) is 0 Å². The van der Waals surface area contributed by atoms with Crippen LogP contribution in [0.2, 0.25) is 0 Å². The maximum absolute atomic E-state index is 5.79. The summed E-state index contributed by atoms with van der Waals surface area (Å²) in [6, 6.07) is 0.581. The van der Waals surface area contributed by atoms with Crippen molar-refractivity contribution >= 4 is 0 Å². The molecule has 1 N–H and O–H groups in total. The molecule has 3 heteroatoms. The maximum Gasteiger partial charge on any atom is 0.0808 e. The van der Waals surface area contributed by atoms with Gasteiger partial charge in [0, 0.05) is 19.2 Å². The van der Waals surface area contributed by atoms with Crippen LogP contribution in [-0.4, -0.2) is 38.0 Å². The average Bonchev–Trinajstić information content (AvgIpc) is 2.34. The molecule has 3 atom stereocenters. The van der Waals surface area contributed by atoms with E-state index >= 15 is 0 Å². The van der Waals surface area contributed by atoms with E-state index in [-0.39, 0.29) is 6.10 Å². The van der Waals surface area contributed by atoms with Gasteiger partial charge in [-0.2, -0.15) is 0 Å². The Labute approximate surface area is 99.9 Å². The van der Waals surface area contributed by atoms with Gasteiger partial charge in [0.1, 0.15) is 0 Å². The Kier molecular flexibility index (Phi) is 7.01. The highest BCUT2D eigenvalue weighted by atomic mass is 16.5. The number of hydrogen-bond acceptors (Lipinski definition) is 3. The summed E-state index contributed by atoms with van der Waals surface area (Å²) in [6.07, 6.45) is 5.43. The normalized spacial score (nSPS) is 25.3. The molecule has 0 aromatic heterocycles. The van der Waals surface area contributed by atoms with Crippen LogP contribution in [0.15, 0.2) is 0 Å². The van der Waals surface area contributed by atoms with E-state index in [9.17, 15) is 0 Å². The Morgan fingerprint density at radius 3 is 2.81 bits per heavy atom. The Hall–Kier alpha value is -0.120. The van der Waals surface area contributed by atoms with Crippen molar-refractivity contribution in [3.63, 3.8) is 0 Å². The molecule has 0 aromatic carbocycles. The number of ether oxygens (including phenoxy) is 2. The lowest BCUT2D eigenvalue weighted by molar-refractivity contribution is -0.0587. The van der Waals surface area contributed by atoms with Crippen LogP contribution in [0.1, 0.15) is 46.5 Å². The number of hydrogen-bond donors (Lipinski definition) is 1. The third kappa shape index (κ3) is 5.83. The lowest BCUT2D eigenvalue weighted by Crippen LogP contribution is -2.35. The van der Waals surface area contributed by atoms with Crippen LogP contribution in [0.5, 0.6) is 0 Å². The van der Waals surface area contributed by atoms with Crippen LogP contribution in [0.4, 0.5) is 0 Å². The molecular formula is C13H27NO2. The second kappa shape index (κ2) is 8.04. The summed E-state index contributed by atoms with van der Waals surface area (Å²) < 4.78 is 11.4. The van der Waals surface area contributed by atoms with Crippen molar-refractivity contribution in [1.29, 1.82) is 0 Å². The SMILES string of the molecule is CCC(C)NCC(C)OCC1CCCCO1. The van der Waals surface area contributed by atoms with Gasteiger partial charge in [0.25, 0.3) is 0 Å². The topological polar surface area (TPSA) is 30.5 Å². The molecular weight excluding hydrogens is 202 g/mol. The first-order chi connectivity index (χ1) is 7.72. The highest BCUT2D eigenvalue weighted by Crippen LogP contribution is 2.13. The first-order valence-corrected chi connectivity index (χ1v) is 6.69. The van der Waals surface area contributed by atoms with Gasteiger partial charge >= 0.3 is 0 Å². The van der Waals surface area contributed by atoms with E-state index < -0.39 is 0 Å². The lowest BCUT2D eigenvalue weighted by atomic mass is 10.1. The lowest BCUT2D eigenvalue weighted by Gasteiger charge is -2.24. The molecule has 16 heavy (non-hydrogen) atoms. The molecule has 1 aliphatic heterocycles. The van der Waals surface area contributed by atoms with Crippen LogP contribution < -0.4 is 5.32 Å². The van der Waals surface area contributed by atoms with Gasteiger partial charge < -0.3 is 14.8 Å². The predicted molar refractivity (Wildman–Crippen MR) is 66.8 cm³/mol. The minimum atomic E-state index is 0.277. The minimum Gasteiger partial charge on any atom is -0.376 e. The van der Waals surface area contributed by atoms with Gasteiger partial charge in [-0.25, -0.2) is 0 Å². The van der Waals surface area contributed by atoms with Gasteiger partial charge in [-0.05, 0) is 39.5 Å². The Morgan fingerprint density at radius 2 is 2.19 bits per heavy atom. The predicted octanol–water partition coefficient (Wildman–Crippen LogP) is 2.35. The van der Waals surface area contributed by atoms with Crippen molar-refractivity contribution in [3.8, 4) is 0 Å². The summed E-state index contributed by atoms with van der Waals surface area (Å²) >= 11 is 0. The third-order valence-electron chi connectivity index (χ3n) is 3.21. The van der Waals surface area contributed by atoms with Crippen molar-refractivity contribution in [2.75, 3.05) is 19.8 Å². The van der Waals surface area contributed by atoms with Crippen molar-refractivity contribution in [2.24, 2.45) is 0 Å². The van der Waals surface area contributed by atoms with Crippen LogP contribution in [0, 0.1) is 0 Å². The molecule has 0 aliphatic carbocycles. The Morgan fingerprint density at radius 1 is 1.38 bits per heavy atom. The molecule has 1 fully saturated rings. The second-order valence-corrected chi connectivity index (χ2v) is 4.85. The van der Waals surface area contributed by atoms with Gasteiger partial charge in [-0.1, -0.05) is 6.92 Å². The zero-order valence-electron chi connectivity index (χ0n) is 11.0. The standard InChI is InChI=1S/C13H27NO2/c1-4-11(2)14-9-12(3)16-10-13-7-5-6-8-15-13/h11-14H,4-10H2,1-3H3. The summed E-state index contributed by atoms with van der Waals surface area (Å²) in [7, 11) is 0. The average molecular weight is 229 g/mol. The summed E-state index contributed by atoms with van der Waals surface area (Å²) in [5.41, 5.74) is 0. The third-order valence-corrected chi connectivity index (χ3v) is 3.21. The van der Waals surface area contributed by atoms with Crippen molar-refractivity contribution in [3.05, 3.63) is 0 Å². The highest BCUT2D eigenvalue weighted by molar-refractivity contribution is 4.65. The maximum atomic E-state index is 5.79. The first-order valence-electron chi connectivity index (χ1n) is 6.69. The summed E-state index contributed by atoms with van der Waals surface area (Å²) in [5.74, 6) is 0. The van der Waals surface area contributed by atoms with Crippen molar-refractivity contribution in [1.82, 2.24) is 5.32 Å². The van der Waals surface area contributed by atoms with E-state index in [2.05, 4.69) is 26.1 Å². The number of nitrogens with one attached hydrogen (secondary N) is 1. The van der Waals surface area contributed by atoms with Gasteiger partial charge in [-0.15, -0.1) is 0 Å². The smallest absolute Gasteiger partial charge is 0.0808 e. The molecule has 3 unspecified atom stereocenters. The fraction of sp³-hybridized carbons (Fsp3) is 1.00. The van der Waals surface area contributed by atoms with E-state index in [1.165, 1.54) is 19.3 Å². The summed E-state index contributed by atoms with van der Waals surface area (Å²) in [4.78, 5) is 0. The molecule has 1 aliphatic rings. The molecule has 1 saturated heterocycles. The van der Waals surface area contributed by atoms with E-state index in [1.54, 1.807) is 0 Å². The molecule has 0 spiro atoms. The van der Waals surface area contributed by atoms with Crippen LogP contribution >= 0.6 is 0 Å². The van der Waals surface area contributed by atoms with Crippen molar-refractivity contribution < 1.29 is 9.47 Å².